The summed E-state index contributed by atoms with van der Waals surface area (Å²) in [5.74, 6) is 0. The van der Waals surface area contributed by atoms with E-state index in [4.69, 9.17) is 0 Å². The maximum atomic E-state index is 12.6. The SMILES string of the molecule is FC(F)c1ccc(CBr)c2nc[nH]c12. The van der Waals surface area contributed by atoms with Crippen molar-refractivity contribution in [3.8, 4) is 0 Å². The molecule has 0 fully saturated rings. The van der Waals surface area contributed by atoms with Crippen molar-refractivity contribution < 1.29 is 8.78 Å². The minimum Gasteiger partial charge on any atom is -0.344 e. The van der Waals surface area contributed by atoms with E-state index in [0.717, 1.165) is 5.56 Å². The molecule has 1 aromatic carbocycles. The summed E-state index contributed by atoms with van der Waals surface area (Å²) in [6.45, 7) is 0. The third-order valence-corrected chi connectivity index (χ3v) is 2.68. The van der Waals surface area contributed by atoms with Crippen molar-refractivity contribution in [2.45, 2.75) is 11.8 Å². The van der Waals surface area contributed by atoms with E-state index in [2.05, 4.69) is 25.9 Å². The number of hydrogen-bond donors (Lipinski definition) is 1. The molecule has 0 radical (unpaired) electrons. The zero-order valence-electron chi connectivity index (χ0n) is 7.10. The number of hydrogen-bond acceptors (Lipinski definition) is 1. The molecular formula is C9H7BrF2N2. The first-order valence-electron chi connectivity index (χ1n) is 4.03. The van der Waals surface area contributed by atoms with Gasteiger partial charge in [0.25, 0.3) is 6.43 Å². The van der Waals surface area contributed by atoms with Crippen LogP contribution >= 0.6 is 15.9 Å². The smallest absolute Gasteiger partial charge is 0.265 e. The van der Waals surface area contributed by atoms with Crippen molar-refractivity contribution in [2.75, 3.05) is 0 Å². The third-order valence-electron chi connectivity index (χ3n) is 2.08. The normalized spacial score (nSPS) is 11.4. The maximum Gasteiger partial charge on any atom is 0.265 e. The Hall–Kier alpha value is -0.970. The molecule has 2 aromatic rings. The van der Waals surface area contributed by atoms with Gasteiger partial charge in [0.15, 0.2) is 0 Å². The molecule has 0 unspecified atom stereocenters. The molecule has 1 heterocycles. The van der Waals surface area contributed by atoms with Crippen LogP contribution in [0.15, 0.2) is 18.5 Å². The van der Waals surface area contributed by atoms with Crippen LogP contribution < -0.4 is 0 Å². The number of halogens is 3. The summed E-state index contributed by atoms with van der Waals surface area (Å²) >= 11 is 3.28. The molecule has 0 spiro atoms. The number of aromatic nitrogens is 2. The third kappa shape index (κ3) is 1.41. The summed E-state index contributed by atoms with van der Waals surface area (Å²) < 4.78 is 25.1. The van der Waals surface area contributed by atoms with Crippen molar-refractivity contribution in [3.05, 3.63) is 29.6 Å². The topological polar surface area (TPSA) is 28.7 Å². The standard InChI is InChI=1S/C9H7BrF2N2/c10-3-5-1-2-6(9(11)12)8-7(5)13-4-14-8/h1-2,4,9H,3H2,(H,13,14). The molecule has 0 atom stereocenters. The number of H-pyrrole nitrogens is 1. The number of alkyl halides is 3. The van der Waals surface area contributed by atoms with E-state index >= 15 is 0 Å². The molecule has 1 N–H and O–H groups in total. The first-order chi connectivity index (χ1) is 6.74. The van der Waals surface area contributed by atoms with Crippen LogP contribution in [-0.4, -0.2) is 9.97 Å². The molecule has 0 bridgehead atoms. The van der Waals surface area contributed by atoms with Crippen LogP contribution in [0.3, 0.4) is 0 Å². The molecule has 1 aromatic heterocycles. The van der Waals surface area contributed by atoms with E-state index in [1.807, 2.05) is 0 Å². The van der Waals surface area contributed by atoms with Crippen molar-refractivity contribution in [2.24, 2.45) is 0 Å². The van der Waals surface area contributed by atoms with Crippen molar-refractivity contribution in [1.29, 1.82) is 0 Å². The lowest BCUT2D eigenvalue weighted by atomic mass is 10.1. The van der Waals surface area contributed by atoms with Crippen LogP contribution in [0.4, 0.5) is 8.78 Å². The predicted molar refractivity (Wildman–Crippen MR) is 53.7 cm³/mol. The molecule has 5 heteroatoms. The number of benzene rings is 1. The molecule has 0 saturated heterocycles. The molecule has 0 amide bonds. The van der Waals surface area contributed by atoms with Gasteiger partial charge in [0.05, 0.1) is 17.4 Å². The number of nitrogens with one attached hydrogen (secondary N) is 1. The Morgan fingerprint density at radius 3 is 2.86 bits per heavy atom. The van der Waals surface area contributed by atoms with Crippen LogP contribution in [0.1, 0.15) is 17.6 Å². The van der Waals surface area contributed by atoms with Gasteiger partial charge in [-0.3, -0.25) is 0 Å². The summed E-state index contributed by atoms with van der Waals surface area (Å²) in [5.41, 5.74) is 1.95. The van der Waals surface area contributed by atoms with Crippen molar-refractivity contribution in [3.63, 3.8) is 0 Å². The molecule has 74 valence electrons. The van der Waals surface area contributed by atoms with E-state index in [9.17, 15) is 8.78 Å². The van der Waals surface area contributed by atoms with E-state index in [1.165, 1.54) is 12.4 Å². The number of imidazole rings is 1. The first kappa shape index (κ1) is 9.58. The number of nitrogens with zero attached hydrogens (tertiary/aromatic N) is 1. The molecule has 0 saturated carbocycles. The van der Waals surface area contributed by atoms with E-state index < -0.39 is 6.43 Å². The molecule has 2 rings (SSSR count). The van der Waals surface area contributed by atoms with Crippen molar-refractivity contribution >= 4 is 27.0 Å². The Kier molecular flexibility index (Phi) is 2.50. The van der Waals surface area contributed by atoms with Gasteiger partial charge in [-0.05, 0) is 5.56 Å². The van der Waals surface area contributed by atoms with Gasteiger partial charge in [0.2, 0.25) is 0 Å². The summed E-state index contributed by atoms with van der Waals surface area (Å²) in [4.78, 5) is 6.75. The summed E-state index contributed by atoms with van der Waals surface area (Å²) in [6, 6.07) is 3.10. The number of fused-ring (bicyclic) bond motifs is 1. The van der Waals surface area contributed by atoms with Gasteiger partial charge < -0.3 is 4.98 Å². The quantitative estimate of drug-likeness (QED) is 0.824. The Labute approximate surface area is 87.5 Å². The Morgan fingerprint density at radius 2 is 2.21 bits per heavy atom. The average molecular weight is 261 g/mol. The van der Waals surface area contributed by atoms with Gasteiger partial charge in [-0.15, -0.1) is 0 Å². The van der Waals surface area contributed by atoms with Crippen LogP contribution in [0, 0.1) is 0 Å². The second-order valence-electron chi connectivity index (χ2n) is 2.87. The monoisotopic (exact) mass is 260 g/mol. The fourth-order valence-corrected chi connectivity index (χ4v) is 1.85. The minimum atomic E-state index is -2.47. The predicted octanol–water partition coefficient (Wildman–Crippen LogP) is 3.40. The summed E-state index contributed by atoms with van der Waals surface area (Å²) in [6.07, 6.45) is -1.04. The van der Waals surface area contributed by atoms with E-state index in [-0.39, 0.29) is 5.56 Å². The van der Waals surface area contributed by atoms with Crippen LogP contribution in [0.2, 0.25) is 0 Å². The highest BCUT2D eigenvalue weighted by Gasteiger charge is 2.14. The molecule has 0 aliphatic rings. The van der Waals surface area contributed by atoms with Gasteiger partial charge in [-0.25, -0.2) is 13.8 Å². The average Bonchev–Trinajstić information content (AvgIpc) is 2.64. The highest BCUT2D eigenvalue weighted by atomic mass is 79.9. The molecule has 0 aliphatic heterocycles. The zero-order chi connectivity index (χ0) is 10.1. The van der Waals surface area contributed by atoms with E-state index in [1.54, 1.807) is 6.07 Å². The second-order valence-corrected chi connectivity index (χ2v) is 3.44. The van der Waals surface area contributed by atoms with Crippen LogP contribution in [-0.2, 0) is 5.33 Å². The lowest BCUT2D eigenvalue weighted by Crippen LogP contribution is -1.89. The summed E-state index contributed by atoms with van der Waals surface area (Å²) in [7, 11) is 0. The lowest BCUT2D eigenvalue weighted by molar-refractivity contribution is 0.153. The van der Waals surface area contributed by atoms with Crippen LogP contribution in [0.25, 0.3) is 11.0 Å². The molecule has 14 heavy (non-hydrogen) atoms. The number of aromatic amines is 1. The van der Waals surface area contributed by atoms with Gasteiger partial charge in [0.1, 0.15) is 0 Å². The maximum absolute atomic E-state index is 12.6. The van der Waals surface area contributed by atoms with Gasteiger partial charge in [-0.2, -0.15) is 0 Å². The second kappa shape index (κ2) is 3.65. The molecule has 0 aliphatic carbocycles. The Balaban J connectivity index is 2.72. The highest BCUT2D eigenvalue weighted by Crippen LogP contribution is 2.28. The number of rotatable bonds is 2. The Bertz CT molecular complexity index is 453. The Morgan fingerprint density at radius 1 is 1.43 bits per heavy atom. The largest absolute Gasteiger partial charge is 0.344 e. The summed E-state index contributed by atoms with van der Waals surface area (Å²) in [5, 5.41) is 0.609. The molecule has 2 nitrogen and oxygen atoms in total. The highest BCUT2D eigenvalue weighted by molar-refractivity contribution is 9.08. The van der Waals surface area contributed by atoms with Gasteiger partial charge >= 0.3 is 0 Å². The van der Waals surface area contributed by atoms with Gasteiger partial charge in [-0.1, -0.05) is 28.1 Å². The molecular weight excluding hydrogens is 254 g/mol. The minimum absolute atomic E-state index is 0.00204. The first-order valence-corrected chi connectivity index (χ1v) is 5.15. The lowest BCUT2D eigenvalue weighted by Gasteiger charge is -2.03. The van der Waals surface area contributed by atoms with Crippen molar-refractivity contribution in [1.82, 2.24) is 9.97 Å². The zero-order valence-corrected chi connectivity index (χ0v) is 8.68. The van der Waals surface area contributed by atoms with Gasteiger partial charge in [0, 0.05) is 10.9 Å². The van der Waals surface area contributed by atoms with E-state index in [0.29, 0.717) is 16.4 Å². The fourth-order valence-electron chi connectivity index (χ4n) is 1.40. The van der Waals surface area contributed by atoms with Crippen LogP contribution in [0.5, 0.6) is 0 Å². The fraction of sp³-hybridized carbons (Fsp3) is 0.222.